The summed E-state index contributed by atoms with van der Waals surface area (Å²) in [4.78, 5) is 26.5. The maximum atomic E-state index is 15.4. The lowest BCUT2D eigenvalue weighted by Gasteiger charge is -2.15. The number of ether oxygens (including phenoxy) is 4. The number of nitrogens with zero attached hydrogens (tertiary/aromatic N) is 4. The second-order valence-electron chi connectivity index (χ2n) is 9.94. The Balaban J connectivity index is 1.30. The lowest BCUT2D eigenvalue weighted by Crippen LogP contribution is -2.21. The van der Waals surface area contributed by atoms with Gasteiger partial charge in [-0.2, -0.15) is 0 Å². The number of aryl methyl sites for hydroxylation is 1. The smallest absolute Gasteiger partial charge is 0.266 e. The van der Waals surface area contributed by atoms with Gasteiger partial charge in [0.2, 0.25) is 5.88 Å². The summed E-state index contributed by atoms with van der Waals surface area (Å²) in [5.41, 5.74) is 1.66. The fourth-order valence-electron chi connectivity index (χ4n) is 4.92. The largest absolute Gasteiger partial charge is 0.493 e. The first kappa shape index (κ1) is 29.5. The van der Waals surface area contributed by atoms with Gasteiger partial charge in [0, 0.05) is 42.5 Å². The third kappa shape index (κ3) is 5.95. The summed E-state index contributed by atoms with van der Waals surface area (Å²) in [6, 6.07) is 16.8. The van der Waals surface area contributed by atoms with Crippen LogP contribution in [0.5, 0.6) is 23.1 Å². The van der Waals surface area contributed by atoms with Crippen molar-refractivity contribution in [3.8, 4) is 28.8 Å². The predicted octanol–water partition coefficient (Wildman–Crippen LogP) is 6.49. The molecule has 0 saturated carbocycles. The minimum Gasteiger partial charge on any atom is -0.493 e. The van der Waals surface area contributed by atoms with Crippen LogP contribution in [0.3, 0.4) is 0 Å². The van der Waals surface area contributed by atoms with Crippen LogP contribution in [0.2, 0.25) is 0 Å². The van der Waals surface area contributed by atoms with Crippen LogP contribution in [0.15, 0.2) is 84.0 Å². The minimum atomic E-state index is -0.682. The van der Waals surface area contributed by atoms with E-state index in [9.17, 15) is 9.18 Å². The van der Waals surface area contributed by atoms with Gasteiger partial charge in [-0.3, -0.25) is 9.36 Å². The average molecular weight is 612 g/mol. The number of hydrogen-bond acceptors (Lipinski definition) is 9. The Morgan fingerprint density at radius 3 is 2.44 bits per heavy atom. The lowest BCUT2D eigenvalue weighted by molar-refractivity contribution is 0.144. The summed E-state index contributed by atoms with van der Waals surface area (Å²) < 4.78 is 52.5. The van der Waals surface area contributed by atoms with Crippen LogP contribution in [-0.4, -0.2) is 47.0 Å². The maximum absolute atomic E-state index is 15.4. The van der Waals surface area contributed by atoms with E-state index in [-0.39, 0.29) is 23.0 Å². The number of benzene rings is 3. The van der Waals surface area contributed by atoms with Crippen LogP contribution in [0.1, 0.15) is 5.69 Å². The Labute approximate surface area is 255 Å². The fourth-order valence-corrected chi connectivity index (χ4v) is 4.92. The third-order valence-electron chi connectivity index (χ3n) is 7.03. The van der Waals surface area contributed by atoms with Crippen LogP contribution in [0.25, 0.3) is 27.4 Å². The molecule has 0 aliphatic heterocycles. The van der Waals surface area contributed by atoms with Gasteiger partial charge in [0.1, 0.15) is 24.6 Å². The highest BCUT2D eigenvalue weighted by Crippen LogP contribution is 2.37. The summed E-state index contributed by atoms with van der Waals surface area (Å²) in [7, 11) is 3.08. The molecule has 0 fully saturated rings. The Bertz CT molecular complexity index is 2090. The molecule has 0 radical (unpaired) electrons. The molecule has 3 aromatic heterocycles. The summed E-state index contributed by atoms with van der Waals surface area (Å²) in [6.07, 6.45) is 2.87. The summed E-state index contributed by atoms with van der Waals surface area (Å²) in [5, 5.41) is 4.48. The van der Waals surface area contributed by atoms with Gasteiger partial charge in [-0.1, -0.05) is 0 Å². The normalized spacial score (nSPS) is 11.1. The monoisotopic (exact) mass is 611 g/mol. The maximum Gasteiger partial charge on any atom is 0.266 e. The number of rotatable bonds is 10. The van der Waals surface area contributed by atoms with Gasteiger partial charge in [-0.25, -0.2) is 23.7 Å². The minimum absolute atomic E-state index is 0.0832. The SMILES string of the molecule is COCCOc1cc2ncnc(Oc3ccc(Nc4nccc5cc(C)n(-c6ccc(F)cc6)c(=O)c45)cc3F)c2cc1OC. The molecule has 12 heteroatoms. The van der Waals surface area contributed by atoms with Crippen molar-refractivity contribution in [2.75, 3.05) is 32.8 Å². The van der Waals surface area contributed by atoms with Gasteiger partial charge in [0.15, 0.2) is 23.1 Å². The van der Waals surface area contributed by atoms with E-state index in [1.54, 1.807) is 44.5 Å². The molecule has 0 unspecified atom stereocenters. The fraction of sp³-hybridized carbons (Fsp3) is 0.152. The van der Waals surface area contributed by atoms with Crippen LogP contribution in [-0.2, 0) is 4.74 Å². The zero-order valence-corrected chi connectivity index (χ0v) is 24.5. The number of fused-ring (bicyclic) bond motifs is 2. The molecule has 0 saturated heterocycles. The van der Waals surface area contributed by atoms with Crippen LogP contribution >= 0.6 is 0 Å². The first-order chi connectivity index (χ1) is 21.9. The standard InChI is InChI=1S/C33H27F2N5O5/c1-19-14-20-10-11-36-31(30(20)33(41)40(19)23-7-4-21(34)5-8-23)39-22-6-9-27(25(35)15-22)45-32-24-16-28(43-3)29(44-13-12-42-2)17-26(24)37-18-38-32/h4-11,14-18H,12-13H2,1-3H3,(H,36,39). The zero-order chi connectivity index (χ0) is 31.5. The highest BCUT2D eigenvalue weighted by Gasteiger charge is 2.17. The molecule has 0 amide bonds. The molecule has 0 atom stereocenters. The van der Waals surface area contributed by atoms with Crippen molar-refractivity contribution in [3.05, 3.63) is 107 Å². The Hall–Kier alpha value is -5.62. The average Bonchev–Trinajstić information content (AvgIpc) is 3.03. The van der Waals surface area contributed by atoms with Gasteiger partial charge in [-0.05, 0) is 66.9 Å². The molecule has 0 aliphatic carbocycles. The number of anilines is 2. The lowest BCUT2D eigenvalue weighted by atomic mass is 10.1. The van der Waals surface area contributed by atoms with Gasteiger partial charge in [-0.15, -0.1) is 0 Å². The van der Waals surface area contributed by atoms with Crippen molar-refractivity contribution >= 4 is 33.2 Å². The number of methoxy groups -OCH3 is 2. The first-order valence-electron chi connectivity index (χ1n) is 13.8. The number of pyridine rings is 2. The van der Waals surface area contributed by atoms with Crippen LogP contribution in [0.4, 0.5) is 20.3 Å². The molecular formula is C33H27F2N5O5. The van der Waals surface area contributed by atoms with E-state index in [1.165, 1.54) is 54.4 Å². The van der Waals surface area contributed by atoms with Crippen LogP contribution < -0.4 is 25.1 Å². The van der Waals surface area contributed by atoms with Crippen molar-refractivity contribution in [2.24, 2.45) is 0 Å². The van der Waals surface area contributed by atoms with Crippen molar-refractivity contribution < 1.29 is 27.7 Å². The highest BCUT2D eigenvalue weighted by atomic mass is 19.1. The molecule has 6 rings (SSSR count). The van der Waals surface area contributed by atoms with Gasteiger partial charge >= 0.3 is 0 Å². The molecule has 45 heavy (non-hydrogen) atoms. The van der Waals surface area contributed by atoms with Crippen molar-refractivity contribution in [2.45, 2.75) is 6.92 Å². The molecule has 10 nitrogen and oxygen atoms in total. The van der Waals surface area contributed by atoms with E-state index in [1.807, 2.05) is 6.07 Å². The quantitative estimate of drug-likeness (QED) is 0.174. The summed E-state index contributed by atoms with van der Waals surface area (Å²) in [5.74, 6) is 0.0732. The highest BCUT2D eigenvalue weighted by molar-refractivity contribution is 5.93. The zero-order valence-electron chi connectivity index (χ0n) is 24.5. The first-order valence-corrected chi connectivity index (χ1v) is 13.8. The predicted molar refractivity (Wildman–Crippen MR) is 165 cm³/mol. The number of halogens is 2. The number of nitrogens with one attached hydrogen (secondary N) is 1. The van der Waals surface area contributed by atoms with E-state index in [0.717, 1.165) is 0 Å². The second kappa shape index (κ2) is 12.5. The molecule has 6 aromatic rings. The van der Waals surface area contributed by atoms with E-state index in [2.05, 4.69) is 20.3 Å². The number of aromatic nitrogens is 4. The Morgan fingerprint density at radius 1 is 0.867 bits per heavy atom. The Morgan fingerprint density at radius 2 is 1.69 bits per heavy atom. The van der Waals surface area contributed by atoms with E-state index in [4.69, 9.17) is 18.9 Å². The van der Waals surface area contributed by atoms with Gasteiger partial charge in [0.25, 0.3) is 5.56 Å². The second-order valence-corrected chi connectivity index (χ2v) is 9.94. The molecule has 3 heterocycles. The number of hydrogen-bond donors (Lipinski definition) is 1. The third-order valence-corrected chi connectivity index (χ3v) is 7.03. The van der Waals surface area contributed by atoms with Crippen LogP contribution in [0, 0.1) is 18.6 Å². The molecule has 1 N–H and O–H groups in total. The summed E-state index contributed by atoms with van der Waals surface area (Å²) in [6.45, 7) is 2.50. The summed E-state index contributed by atoms with van der Waals surface area (Å²) >= 11 is 0. The van der Waals surface area contributed by atoms with E-state index >= 15 is 4.39 Å². The molecule has 228 valence electrons. The van der Waals surface area contributed by atoms with Gasteiger partial charge in [0.05, 0.1) is 30.0 Å². The molecule has 3 aromatic carbocycles. The topological polar surface area (TPSA) is 110 Å². The Kier molecular flexibility index (Phi) is 8.21. The molecule has 0 spiro atoms. The van der Waals surface area contributed by atoms with Crippen molar-refractivity contribution in [1.29, 1.82) is 0 Å². The van der Waals surface area contributed by atoms with E-state index < -0.39 is 11.6 Å². The molecule has 0 bridgehead atoms. The van der Waals surface area contributed by atoms with Crippen molar-refractivity contribution in [1.82, 2.24) is 19.5 Å². The van der Waals surface area contributed by atoms with E-state index in [0.29, 0.717) is 63.5 Å². The molecular weight excluding hydrogens is 584 g/mol. The van der Waals surface area contributed by atoms with Crippen molar-refractivity contribution in [3.63, 3.8) is 0 Å². The molecule has 0 aliphatic rings. The van der Waals surface area contributed by atoms with Gasteiger partial charge < -0.3 is 24.3 Å².